The Balaban J connectivity index is 1.39. The zero-order chi connectivity index (χ0) is 26.8. The van der Waals surface area contributed by atoms with Gasteiger partial charge in [0.05, 0.1) is 35.7 Å². The first-order valence-corrected chi connectivity index (χ1v) is 16.7. The lowest BCUT2D eigenvalue weighted by molar-refractivity contribution is 0.153. The van der Waals surface area contributed by atoms with Crippen LogP contribution in [-0.2, 0) is 19.7 Å². The summed E-state index contributed by atoms with van der Waals surface area (Å²) in [6.45, 7) is 7.62. The molecule has 1 aromatic carbocycles. The van der Waals surface area contributed by atoms with Crippen LogP contribution in [0.5, 0.6) is 5.75 Å². The number of amides is 2. The molecule has 2 atom stereocenters. The molecular weight excluding hydrogens is 516 g/mol. The highest BCUT2D eigenvalue weighted by Crippen LogP contribution is 2.43. The molecule has 2 bridgehead atoms. The summed E-state index contributed by atoms with van der Waals surface area (Å²) in [5.41, 5.74) is 6.42. The van der Waals surface area contributed by atoms with Gasteiger partial charge in [0.15, 0.2) is 19.7 Å². The fraction of sp³-hybridized carbons (Fsp3) is 0.720. The summed E-state index contributed by atoms with van der Waals surface area (Å²) >= 11 is 0. The molecule has 4 fully saturated rings. The predicted octanol–water partition coefficient (Wildman–Crippen LogP) is 1.22. The number of carbonyl (C=O) groups excluding carboxylic acids is 1. The van der Waals surface area contributed by atoms with Crippen molar-refractivity contribution in [2.45, 2.75) is 32.7 Å². The third-order valence-corrected chi connectivity index (χ3v) is 11.1. The molecule has 12 heteroatoms. The van der Waals surface area contributed by atoms with Crippen molar-refractivity contribution in [3.63, 3.8) is 0 Å². The smallest absolute Gasteiger partial charge is 0.320 e. The van der Waals surface area contributed by atoms with E-state index in [4.69, 9.17) is 10.5 Å². The first-order chi connectivity index (χ1) is 17.4. The Bertz CT molecular complexity index is 1160. The van der Waals surface area contributed by atoms with E-state index in [2.05, 4.69) is 18.7 Å². The summed E-state index contributed by atoms with van der Waals surface area (Å²) < 4.78 is 53.0. The number of piperidine rings is 1. The van der Waals surface area contributed by atoms with E-state index in [0.29, 0.717) is 37.8 Å². The molecular formula is C25H40N4O6S2. The number of ether oxygens (including phenoxy) is 1. The molecule has 0 unspecified atom stereocenters. The highest BCUT2D eigenvalue weighted by atomic mass is 32.2. The second-order valence-electron chi connectivity index (χ2n) is 11.2. The Hall–Kier alpha value is -2.05. The van der Waals surface area contributed by atoms with E-state index < -0.39 is 19.7 Å². The highest BCUT2D eigenvalue weighted by molar-refractivity contribution is 7.91. The molecule has 0 aliphatic carbocycles. The lowest BCUT2D eigenvalue weighted by atomic mass is 9.73. The first kappa shape index (κ1) is 28.0. The fourth-order valence-corrected chi connectivity index (χ4v) is 8.19. The third kappa shape index (κ3) is 6.88. The molecule has 10 nitrogen and oxygen atoms in total. The minimum Gasteiger partial charge on any atom is -0.494 e. The van der Waals surface area contributed by atoms with E-state index in [9.17, 15) is 21.6 Å². The van der Waals surface area contributed by atoms with Crippen LogP contribution >= 0.6 is 0 Å². The highest BCUT2D eigenvalue weighted by Gasteiger charge is 2.47. The summed E-state index contributed by atoms with van der Waals surface area (Å²) in [4.78, 5) is 19.4. The van der Waals surface area contributed by atoms with Gasteiger partial charge in [-0.2, -0.15) is 0 Å². The Labute approximate surface area is 220 Å². The molecule has 208 valence electrons. The topological polar surface area (TPSA) is 130 Å². The Morgan fingerprint density at radius 2 is 1.73 bits per heavy atom. The number of carbonyl (C=O) groups is 1. The van der Waals surface area contributed by atoms with Gasteiger partial charge in [-0.15, -0.1) is 0 Å². The van der Waals surface area contributed by atoms with Gasteiger partial charge in [-0.1, -0.05) is 13.8 Å². The maximum absolute atomic E-state index is 13.3. The van der Waals surface area contributed by atoms with Crippen LogP contribution in [-0.4, -0.2) is 108 Å². The van der Waals surface area contributed by atoms with Gasteiger partial charge in [0.2, 0.25) is 0 Å². The van der Waals surface area contributed by atoms with Crippen molar-refractivity contribution in [2.24, 2.45) is 17.1 Å². The van der Waals surface area contributed by atoms with Crippen LogP contribution in [0, 0.1) is 11.3 Å². The van der Waals surface area contributed by atoms with Crippen molar-refractivity contribution >= 4 is 31.4 Å². The summed E-state index contributed by atoms with van der Waals surface area (Å²) in [5, 5.41) is 0. The molecule has 4 aliphatic heterocycles. The average molecular weight is 557 g/mol. The van der Waals surface area contributed by atoms with E-state index in [1.54, 1.807) is 4.90 Å². The maximum atomic E-state index is 13.3. The van der Waals surface area contributed by atoms with Gasteiger partial charge >= 0.3 is 6.03 Å². The van der Waals surface area contributed by atoms with Gasteiger partial charge < -0.3 is 25.2 Å². The van der Waals surface area contributed by atoms with Crippen LogP contribution in [0.1, 0.15) is 26.7 Å². The van der Waals surface area contributed by atoms with Gasteiger partial charge in [0.1, 0.15) is 5.75 Å². The van der Waals surface area contributed by atoms with Crippen molar-refractivity contribution in [2.75, 3.05) is 73.8 Å². The van der Waals surface area contributed by atoms with Crippen molar-refractivity contribution in [1.29, 1.82) is 0 Å². The fourth-order valence-electron chi connectivity index (χ4n) is 5.86. The Kier molecular flexibility index (Phi) is 8.30. The molecule has 0 aromatic heterocycles. The number of anilines is 1. The standard InChI is InChI=1S/C25H40N4O6S2/c1-25(2)16-20-17-28(24(30)27-9-14-37(33,34)15-10-27)19-23(25)29(18-20)21-4-6-22(7-5-21)35-11-3-12-36(31,32)13-8-26/h4-7,20,23H,3,8-19,26H2,1-2H3/t20-,23-/m1/s1. The molecule has 0 spiro atoms. The summed E-state index contributed by atoms with van der Waals surface area (Å²) in [6, 6.07) is 7.95. The number of nitrogens with zero attached hydrogens (tertiary/aromatic N) is 3. The van der Waals surface area contributed by atoms with Gasteiger partial charge in [-0.05, 0) is 48.4 Å². The quantitative estimate of drug-likeness (QED) is 0.473. The molecule has 4 saturated heterocycles. The predicted molar refractivity (Wildman–Crippen MR) is 144 cm³/mol. The molecule has 0 radical (unpaired) electrons. The average Bonchev–Trinajstić information content (AvgIpc) is 3.09. The molecule has 5 rings (SSSR count). The summed E-state index contributed by atoms with van der Waals surface area (Å²) in [7, 11) is -6.16. The zero-order valence-electron chi connectivity index (χ0n) is 21.8. The summed E-state index contributed by atoms with van der Waals surface area (Å²) in [6.07, 6.45) is 1.45. The monoisotopic (exact) mass is 556 g/mol. The number of benzene rings is 1. The van der Waals surface area contributed by atoms with Crippen molar-refractivity contribution in [3.8, 4) is 5.75 Å². The number of nitrogens with two attached hydrogens (primary N) is 1. The Morgan fingerprint density at radius 1 is 1.05 bits per heavy atom. The second kappa shape index (κ2) is 11.0. The molecule has 2 N–H and O–H groups in total. The van der Waals surface area contributed by atoms with Crippen LogP contribution < -0.4 is 15.4 Å². The molecule has 4 aliphatic rings. The van der Waals surface area contributed by atoms with Crippen LogP contribution in [0.4, 0.5) is 10.5 Å². The van der Waals surface area contributed by atoms with Crippen molar-refractivity contribution in [3.05, 3.63) is 24.3 Å². The molecule has 37 heavy (non-hydrogen) atoms. The molecule has 1 aromatic rings. The lowest BCUT2D eigenvalue weighted by Gasteiger charge is -2.48. The normalized spacial score (nSPS) is 25.1. The number of rotatable bonds is 8. The largest absolute Gasteiger partial charge is 0.494 e. The van der Waals surface area contributed by atoms with E-state index in [0.717, 1.165) is 18.7 Å². The molecule has 4 heterocycles. The van der Waals surface area contributed by atoms with Crippen LogP contribution in [0.2, 0.25) is 0 Å². The zero-order valence-corrected chi connectivity index (χ0v) is 23.5. The van der Waals surface area contributed by atoms with Gasteiger partial charge in [-0.3, -0.25) is 0 Å². The van der Waals surface area contributed by atoms with Gasteiger partial charge in [-0.25, -0.2) is 21.6 Å². The van der Waals surface area contributed by atoms with Crippen LogP contribution in [0.3, 0.4) is 0 Å². The van der Waals surface area contributed by atoms with Crippen molar-refractivity contribution in [1.82, 2.24) is 9.80 Å². The minimum absolute atomic E-state index is 0.000986. The number of urea groups is 1. The van der Waals surface area contributed by atoms with Crippen molar-refractivity contribution < 1.29 is 26.4 Å². The molecule has 2 amide bonds. The number of hydrogen-bond donors (Lipinski definition) is 1. The van der Waals surface area contributed by atoms with Crippen LogP contribution in [0.25, 0.3) is 0 Å². The Morgan fingerprint density at radius 3 is 2.38 bits per heavy atom. The second-order valence-corrected chi connectivity index (χ2v) is 15.8. The maximum Gasteiger partial charge on any atom is 0.320 e. The summed E-state index contributed by atoms with van der Waals surface area (Å²) in [5.74, 6) is 1.15. The first-order valence-electron chi connectivity index (χ1n) is 13.0. The van der Waals surface area contributed by atoms with E-state index in [-0.39, 0.29) is 60.1 Å². The number of sulfone groups is 2. The van der Waals surface area contributed by atoms with E-state index in [1.165, 1.54) is 0 Å². The number of fused-ring (bicyclic) bond motifs is 4. The van der Waals surface area contributed by atoms with Gasteiger partial charge in [0, 0.05) is 45.0 Å². The lowest BCUT2D eigenvalue weighted by Crippen LogP contribution is -2.55. The van der Waals surface area contributed by atoms with Crippen LogP contribution in [0.15, 0.2) is 24.3 Å². The third-order valence-electron chi connectivity index (χ3n) is 7.77. The molecule has 0 saturated carbocycles. The number of hydrogen-bond acceptors (Lipinski definition) is 8. The SMILES string of the molecule is CC1(C)C[C@@H]2CN(C(=O)N3CCS(=O)(=O)CC3)C[C@H]1N(c1ccc(OCCCS(=O)(=O)CCN)cc1)C2. The van der Waals surface area contributed by atoms with Gasteiger partial charge in [0.25, 0.3) is 0 Å². The van der Waals surface area contributed by atoms with E-state index in [1.807, 2.05) is 29.2 Å². The minimum atomic E-state index is -3.12. The van der Waals surface area contributed by atoms with E-state index >= 15 is 0 Å².